The maximum Gasteiger partial charge on any atom is 0.229 e. The van der Waals surface area contributed by atoms with Crippen molar-refractivity contribution >= 4 is 42.7 Å². The van der Waals surface area contributed by atoms with Crippen molar-refractivity contribution in [2.24, 2.45) is 0 Å². The highest BCUT2D eigenvalue weighted by Crippen LogP contribution is 2.30. The van der Waals surface area contributed by atoms with E-state index < -0.39 is 10.0 Å². The largest absolute Gasteiger partial charge is 0.346 e. The zero-order valence-corrected chi connectivity index (χ0v) is 13.5. The van der Waals surface area contributed by atoms with Gasteiger partial charge in [0.05, 0.1) is 6.26 Å². The van der Waals surface area contributed by atoms with Gasteiger partial charge in [-0.3, -0.25) is 4.72 Å². The van der Waals surface area contributed by atoms with Crippen LogP contribution in [0.15, 0.2) is 47.2 Å². The van der Waals surface area contributed by atoms with Crippen molar-refractivity contribution in [2.45, 2.75) is 0 Å². The molecule has 0 saturated heterocycles. The Morgan fingerprint density at radius 3 is 2.86 bits per heavy atom. The summed E-state index contributed by atoms with van der Waals surface area (Å²) >= 11 is 3.41. The van der Waals surface area contributed by atoms with Gasteiger partial charge in [0.15, 0.2) is 0 Å². The molecule has 0 aliphatic heterocycles. The molecule has 2 heterocycles. The van der Waals surface area contributed by atoms with Gasteiger partial charge in [-0.15, -0.1) is 0 Å². The Bertz CT molecular complexity index is 919. The number of rotatable bonds is 3. The van der Waals surface area contributed by atoms with Crippen LogP contribution in [0.25, 0.3) is 22.2 Å². The van der Waals surface area contributed by atoms with Gasteiger partial charge >= 0.3 is 0 Å². The van der Waals surface area contributed by atoms with E-state index in [1.54, 1.807) is 18.3 Å². The van der Waals surface area contributed by atoms with Crippen LogP contribution < -0.4 is 4.72 Å². The highest BCUT2D eigenvalue weighted by Gasteiger charge is 2.09. The Hall–Kier alpha value is -1.86. The van der Waals surface area contributed by atoms with Gasteiger partial charge in [0.1, 0.15) is 5.65 Å². The number of hydrogen-bond donors (Lipinski definition) is 2. The van der Waals surface area contributed by atoms with Crippen molar-refractivity contribution in [3.63, 3.8) is 0 Å². The molecular weight excluding hydrogens is 354 g/mol. The third-order valence-corrected chi connectivity index (χ3v) is 4.01. The lowest BCUT2D eigenvalue weighted by Crippen LogP contribution is -2.09. The van der Waals surface area contributed by atoms with E-state index in [-0.39, 0.29) is 0 Å². The third-order valence-electron chi connectivity index (χ3n) is 2.97. The molecule has 0 amide bonds. The van der Waals surface area contributed by atoms with Crippen LogP contribution >= 0.6 is 15.9 Å². The molecule has 5 nitrogen and oxygen atoms in total. The Morgan fingerprint density at radius 1 is 1.29 bits per heavy atom. The van der Waals surface area contributed by atoms with Crippen LogP contribution in [0, 0.1) is 0 Å². The molecule has 2 N–H and O–H groups in total. The van der Waals surface area contributed by atoms with E-state index in [2.05, 4.69) is 30.6 Å². The monoisotopic (exact) mass is 365 g/mol. The zero-order chi connectivity index (χ0) is 15.0. The Morgan fingerprint density at radius 2 is 2.10 bits per heavy atom. The van der Waals surface area contributed by atoms with Crippen LogP contribution in [-0.4, -0.2) is 24.6 Å². The minimum atomic E-state index is -3.29. The summed E-state index contributed by atoms with van der Waals surface area (Å²) < 4.78 is 26.0. The number of benzene rings is 1. The second-order valence-corrected chi connectivity index (χ2v) is 7.37. The SMILES string of the molecule is CS(=O)(=O)Nc1cccc(-c2c[nH]c3ncc(Br)cc23)c1. The summed E-state index contributed by atoms with van der Waals surface area (Å²) in [6.07, 6.45) is 4.72. The normalized spacial score (nSPS) is 11.7. The van der Waals surface area contributed by atoms with Gasteiger partial charge in [0.2, 0.25) is 10.0 Å². The summed E-state index contributed by atoms with van der Waals surface area (Å²) in [5.41, 5.74) is 3.20. The Balaban J connectivity index is 2.10. The van der Waals surface area contributed by atoms with Crippen LogP contribution in [0.4, 0.5) is 5.69 Å². The van der Waals surface area contributed by atoms with Crippen LogP contribution in [0.1, 0.15) is 0 Å². The van der Waals surface area contributed by atoms with Gasteiger partial charge in [-0.2, -0.15) is 0 Å². The lowest BCUT2D eigenvalue weighted by molar-refractivity contribution is 0.607. The Labute approximate surface area is 130 Å². The first kappa shape index (κ1) is 14.1. The molecule has 0 aliphatic carbocycles. The number of anilines is 1. The molecular formula is C14H12BrN3O2S. The van der Waals surface area contributed by atoms with Crippen LogP contribution in [0.3, 0.4) is 0 Å². The molecule has 7 heteroatoms. The van der Waals surface area contributed by atoms with Crippen molar-refractivity contribution in [3.05, 3.63) is 47.2 Å². The molecule has 0 atom stereocenters. The second-order valence-electron chi connectivity index (χ2n) is 4.71. The van der Waals surface area contributed by atoms with Gasteiger partial charge in [-0.05, 0) is 39.7 Å². The molecule has 0 unspecified atom stereocenters. The minimum Gasteiger partial charge on any atom is -0.346 e. The maximum absolute atomic E-state index is 11.3. The zero-order valence-electron chi connectivity index (χ0n) is 11.1. The summed E-state index contributed by atoms with van der Waals surface area (Å²) in [5, 5.41) is 0.973. The van der Waals surface area contributed by atoms with Gasteiger partial charge in [0, 0.05) is 33.5 Å². The van der Waals surface area contributed by atoms with E-state index in [9.17, 15) is 8.42 Å². The predicted molar refractivity (Wildman–Crippen MR) is 87.7 cm³/mol. The topological polar surface area (TPSA) is 74.8 Å². The Kier molecular flexibility index (Phi) is 3.46. The number of aromatic amines is 1. The van der Waals surface area contributed by atoms with Crippen molar-refractivity contribution in [1.82, 2.24) is 9.97 Å². The van der Waals surface area contributed by atoms with Gasteiger partial charge in [-0.1, -0.05) is 12.1 Å². The molecule has 0 spiro atoms. The number of sulfonamides is 1. The molecule has 21 heavy (non-hydrogen) atoms. The minimum absolute atomic E-state index is 0.535. The van der Waals surface area contributed by atoms with Crippen molar-refractivity contribution in [1.29, 1.82) is 0 Å². The summed E-state index contributed by atoms with van der Waals surface area (Å²) in [6.45, 7) is 0. The van der Waals surface area contributed by atoms with Crippen molar-refractivity contribution in [2.75, 3.05) is 11.0 Å². The molecule has 3 rings (SSSR count). The molecule has 2 aromatic heterocycles. The summed E-state index contributed by atoms with van der Waals surface area (Å²) in [4.78, 5) is 7.41. The molecule has 0 aliphatic rings. The molecule has 0 fully saturated rings. The number of halogens is 1. The van der Waals surface area contributed by atoms with Crippen LogP contribution in [-0.2, 0) is 10.0 Å². The van der Waals surface area contributed by atoms with Crippen molar-refractivity contribution < 1.29 is 8.42 Å². The molecule has 1 aromatic carbocycles. The number of fused-ring (bicyclic) bond motifs is 1. The van der Waals surface area contributed by atoms with E-state index in [0.717, 1.165) is 32.9 Å². The molecule has 0 radical (unpaired) electrons. The smallest absolute Gasteiger partial charge is 0.229 e. The highest BCUT2D eigenvalue weighted by atomic mass is 79.9. The van der Waals surface area contributed by atoms with Gasteiger partial charge in [0.25, 0.3) is 0 Å². The second kappa shape index (κ2) is 5.16. The number of aromatic nitrogens is 2. The lowest BCUT2D eigenvalue weighted by Gasteiger charge is -2.06. The van der Waals surface area contributed by atoms with Gasteiger partial charge in [-0.25, -0.2) is 13.4 Å². The highest BCUT2D eigenvalue weighted by molar-refractivity contribution is 9.10. The molecule has 108 valence electrons. The van der Waals surface area contributed by atoms with Crippen LogP contribution in [0.5, 0.6) is 0 Å². The van der Waals surface area contributed by atoms with E-state index in [0.29, 0.717) is 5.69 Å². The standard InChI is InChI=1S/C14H12BrN3O2S/c1-21(19,20)18-11-4-2-3-9(5-11)13-8-17-14-12(13)6-10(15)7-16-14/h2-8,18H,1H3,(H,16,17). The number of H-pyrrole nitrogens is 1. The number of pyridine rings is 1. The fourth-order valence-corrected chi connectivity index (χ4v) is 3.07. The van der Waals surface area contributed by atoms with E-state index >= 15 is 0 Å². The predicted octanol–water partition coefficient (Wildman–Crippen LogP) is 3.36. The lowest BCUT2D eigenvalue weighted by atomic mass is 10.1. The summed E-state index contributed by atoms with van der Waals surface area (Å²) in [5.74, 6) is 0. The quantitative estimate of drug-likeness (QED) is 0.746. The summed E-state index contributed by atoms with van der Waals surface area (Å²) in [6, 6.07) is 9.23. The number of nitrogens with one attached hydrogen (secondary N) is 2. The fourth-order valence-electron chi connectivity index (χ4n) is 2.18. The number of nitrogens with zero attached hydrogens (tertiary/aromatic N) is 1. The average Bonchev–Trinajstić information content (AvgIpc) is 2.80. The first-order chi connectivity index (χ1) is 9.92. The third kappa shape index (κ3) is 3.08. The number of hydrogen-bond acceptors (Lipinski definition) is 3. The maximum atomic E-state index is 11.3. The van der Waals surface area contributed by atoms with E-state index in [1.165, 1.54) is 0 Å². The first-order valence-electron chi connectivity index (χ1n) is 6.13. The average molecular weight is 366 g/mol. The van der Waals surface area contributed by atoms with E-state index in [4.69, 9.17) is 0 Å². The summed E-state index contributed by atoms with van der Waals surface area (Å²) in [7, 11) is -3.29. The molecule has 0 saturated carbocycles. The first-order valence-corrected chi connectivity index (χ1v) is 8.82. The molecule has 0 bridgehead atoms. The van der Waals surface area contributed by atoms with Crippen molar-refractivity contribution in [3.8, 4) is 11.1 Å². The van der Waals surface area contributed by atoms with Crippen LogP contribution in [0.2, 0.25) is 0 Å². The fraction of sp³-hybridized carbons (Fsp3) is 0.0714. The van der Waals surface area contributed by atoms with Gasteiger partial charge < -0.3 is 4.98 Å². The molecule has 3 aromatic rings. The van der Waals surface area contributed by atoms with E-state index in [1.807, 2.05) is 24.4 Å².